The molecule has 2 aromatic rings. The van der Waals surface area contributed by atoms with Gasteiger partial charge in [0.2, 0.25) is 0 Å². The van der Waals surface area contributed by atoms with Gasteiger partial charge in [0.05, 0.1) is 8.81 Å². The zero-order valence-electron chi connectivity index (χ0n) is 10.3. The monoisotopic (exact) mass is 343 g/mol. The third-order valence-electron chi connectivity index (χ3n) is 2.97. The van der Waals surface area contributed by atoms with Crippen molar-refractivity contribution in [1.82, 2.24) is 0 Å². The second kappa shape index (κ2) is 5.74. The quantitative estimate of drug-likeness (QED) is 0.831. The molecular formula is C14H15BrClNS. The molecule has 0 amide bonds. The molecular weight excluding hydrogens is 330 g/mol. The molecule has 18 heavy (non-hydrogen) atoms. The minimum Gasteiger partial charge on any atom is -0.323 e. The molecule has 1 atom stereocenters. The number of benzene rings is 1. The van der Waals surface area contributed by atoms with Gasteiger partial charge in [0.25, 0.3) is 0 Å². The first-order valence-corrected chi connectivity index (χ1v) is 7.72. The van der Waals surface area contributed by atoms with Gasteiger partial charge in [-0.2, -0.15) is 0 Å². The maximum absolute atomic E-state index is 6.26. The van der Waals surface area contributed by atoms with Gasteiger partial charge in [0.15, 0.2) is 0 Å². The Bertz CT molecular complexity index is 545. The highest BCUT2D eigenvalue weighted by Gasteiger charge is 2.13. The predicted molar refractivity (Wildman–Crippen MR) is 83.6 cm³/mol. The van der Waals surface area contributed by atoms with Crippen LogP contribution in [0.15, 0.2) is 28.1 Å². The Morgan fingerprint density at radius 3 is 2.67 bits per heavy atom. The summed E-state index contributed by atoms with van der Waals surface area (Å²) in [6, 6.07) is 8.43. The molecule has 1 heterocycles. The molecule has 2 N–H and O–H groups in total. The van der Waals surface area contributed by atoms with E-state index in [2.05, 4.69) is 48.0 Å². The zero-order valence-corrected chi connectivity index (χ0v) is 13.5. The first-order chi connectivity index (χ1) is 8.47. The van der Waals surface area contributed by atoms with E-state index in [-0.39, 0.29) is 6.04 Å². The van der Waals surface area contributed by atoms with Crippen LogP contribution < -0.4 is 5.73 Å². The number of aryl methyl sites for hydroxylation is 2. The number of thiophene rings is 1. The summed E-state index contributed by atoms with van der Waals surface area (Å²) < 4.78 is 0.954. The van der Waals surface area contributed by atoms with Crippen molar-refractivity contribution in [3.05, 3.63) is 54.6 Å². The van der Waals surface area contributed by atoms with Crippen molar-refractivity contribution in [2.45, 2.75) is 26.3 Å². The number of halogens is 2. The summed E-state index contributed by atoms with van der Waals surface area (Å²) in [6.07, 6.45) is 0.844. The van der Waals surface area contributed by atoms with Crippen LogP contribution in [0.3, 0.4) is 0 Å². The molecule has 0 saturated carbocycles. The van der Waals surface area contributed by atoms with Crippen LogP contribution in [0.25, 0.3) is 0 Å². The largest absolute Gasteiger partial charge is 0.323 e. The van der Waals surface area contributed by atoms with Crippen molar-refractivity contribution in [1.29, 1.82) is 0 Å². The van der Waals surface area contributed by atoms with Crippen molar-refractivity contribution < 1.29 is 0 Å². The van der Waals surface area contributed by atoms with Crippen LogP contribution in [-0.4, -0.2) is 0 Å². The fourth-order valence-corrected chi connectivity index (χ4v) is 3.65. The molecule has 0 radical (unpaired) electrons. The molecule has 4 heteroatoms. The van der Waals surface area contributed by atoms with Crippen LogP contribution >= 0.6 is 38.9 Å². The lowest BCUT2D eigenvalue weighted by molar-refractivity contribution is 0.732. The lowest BCUT2D eigenvalue weighted by Crippen LogP contribution is -2.12. The number of hydrogen-bond donors (Lipinski definition) is 1. The summed E-state index contributed by atoms with van der Waals surface area (Å²) in [5, 5.41) is 0.742. The standard InChI is InChI=1S/C14H15BrClNS/c1-8-3-4-9(2)10(5-8)6-12(17)13-7-11(16)14(15)18-13/h3-5,7,12H,6,17H2,1-2H3. The molecule has 1 unspecified atom stereocenters. The van der Waals surface area contributed by atoms with Crippen molar-refractivity contribution in [2.24, 2.45) is 5.73 Å². The fraction of sp³-hybridized carbons (Fsp3) is 0.286. The Morgan fingerprint density at radius 2 is 2.06 bits per heavy atom. The minimum absolute atomic E-state index is 0.000648. The highest BCUT2D eigenvalue weighted by molar-refractivity contribution is 9.11. The van der Waals surface area contributed by atoms with Crippen LogP contribution in [0, 0.1) is 13.8 Å². The van der Waals surface area contributed by atoms with E-state index in [1.807, 2.05) is 6.07 Å². The van der Waals surface area contributed by atoms with Crippen LogP contribution in [0.1, 0.15) is 27.6 Å². The lowest BCUT2D eigenvalue weighted by atomic mass is 9.99. The second-order valence-corrected chi connectivity index (χ2v) is 7.32. The average Bonchev–Trinajstić information content (AvgIpc) is 2.64. The van der Waals surface area contributed by atoms with E-state index < -0.39 is 0 Å². The predicted octanol–water partition coefficient (Wildman–Crippen LogP) is 5.02. The molecule has 0 aliphatic rings. The summed E-state index contributed by atoms with van der Waals surface area (Å²) in [5.74, 6) is 0. The average molecular weight is 345 g/mol. The summed E-state index contributed by atoms with van der Waals surface area (Å²) in [4.78, 5) is 1.12. The van der Waals surface area contributed by atoms with Crippen LogP contribution in [0.4, 0.5) is 0 Å². The van der Waals surface area contributed by atoms with E-state index >= 15 is 0 Å². The molecule has 0 bridgehead atoms. The summed E-state index contributed by atoms with van der Waals surface area (Å²) >= 11 is 11.1. The van der Waals surface area contributed by atoms with Gasteiger partial charge >= 0.3 is 0 Å². The Balaban J connectivity index is 2.20. The molecule has 1 nitrogen and oxygen atoms in total. The minimum atomic E-state index is -0.000648. The van der Waals surface area contributed by atoms with Gasteiger partial charge in [-0.3, -0.25) is 0 Å². The summed E-state index contributed by atoms with van der Waals surface area (Å²) in [7, 11) is 0. The van der Waals surface area contributed by atoms with Crippen molar-refractivity contribution >= 4 is 38.9 Å². The Labute approximate surface area is 125 Å². The SMILES string of the molecule is Cc1ccc(C)c(CC(N)c2cc(Cl)c(Br)s2)c1. The second-order valence-electron chi connectivity index (χ2n) is 4.51. The first-order valence-electron chi connectivity index (χ1n) is 5.74. The molecule has 1 aromatic carbocycles. The van der Waals surface area contributed by atoms with Gasteiger partial charge < -0.3 is 5.73 Å². The number of nitrogens with two attached hydrogens (primary N) is 1. The van der Waals surface area contributed by atoms with Crippen molar-refractivity contribution in [2.75, 3.05) is 0 Å². The van der Waals surface area contributed by atoms with E-state index in [9.17, 15) is 0 Å². The highest BCUT2D eigenvalue weighted by atomic mass is 79.9. The molecule has 0 aliphatic carbocycles. The lowest BCUT2D eigenvalue weighted by Gasteiger charge is -2.12. The van der Waals surface area contributed by atoms with Crippen LogP contribution in [0.2, 0.25) is 5.02 Å². The van der Waals surface area contributed by atoms with E-state index in [1.165, 1.54) is 16.7 Å². The molecule has 0 aliphatic heterocycles. The normalized spacial score (nSPS) is 12.7. The molecule has 0 fully saturated rings. The molecule has 0 spiro atoms. The van der Waals surface area contributed by atoms with Gasteiger partial charge in [0.1, 0.15) is 0 Å². The summed E-state index contributed by atoms with van der Waals surface area (Å²) in [5.41, 5.74) is 10.1. The molecule has 2 rings (SSSR count). The Kier molecular flexibility index (Phi) is 4.49. The van der Waals surface area contributed by atoms with Crippen LogP contribution in [0.5, 0.6) is 0 Å². The fourth-order valence-electron chi connectivity index (χ4n) is 1.90. The van der Waals surface area contributed by atoms with Gasteiger partial charge in [-0.1, -0.05) is 35.4 Å². The highest BCUT2D eigenvalue weighted by Crippen LogP contribution is 2.35. The number of rotatable bonds is 3. The smallest absolute Gasteiger partial charge is 0.0887 e. The molecule has 1 aromatic heterocycles. The van der Waals surface area contributed by atoms with Gasteiger partial charge in [0, 0.05) is 10.9 Å². The van der Waals surface area contributed by atoms with E-state index in [0.717, 1.165) is 20.1 Å². The Morgan fingerprint density at radius 1 is 1.33 bits per heavy atom. The first kappa shape index (κ1) is 14.1. The van der Waals surface area contributed by atoms with Crippen LogP contribution in [-0.2, 0) is 6.42 Å². The van der Waals surface area contributed by atoms with Crippen molar-refractivity contribution in [3.63, 3.8) is 0 Å². The molecule has 0 saturated heterocycles. The maximum Gasteiger partial charge on any atom is 0.0887 e. The third kappa shape index (κ3) is 3.15. The van der Waals surface area contributed by atoms with E-state index in [0.29, 0.717) is 0 Å². The topological polar surface area (TPSA) is 26.0 Å². The van der Waals surface area contributed by atoms with E-state index in [1.54, 1.807) is 11.3 Å². The maximum atomic E-state index is 6.26. The van der Waals surface area contributed by atoms with Gasteiger partial charge in [-0.05, 0) is 53.4 Å². The van der Waals surface area contributed by atoms with Crippen molar-refractivity contribution in [3.8, 4) is 0 Å². The third-order valence-corrected chi connectivity index (χ3v) is 5.58. The Hall–Kier alpha value is -0.350. The van der Waals surface area contributed by atoms with E-state index in [4.69, 9.17) is 17.3 Å². The van der Waals surface area contributed by atoms with Gasteiger partial charge in [-0.15, -0.1) is 11.3 Å². The molecule has 96 valence electrons. The van der Waals surface area contributed by atoms with Gasteiger partial charge in [-0.25, -0.2) is 0 Å². The zero-order chi connectivity index (χ0) is 13.3. The number of hydrogen-bond acceptors (Lipinski definition) is 2. The summed E-state index contributed by atoms with van der Waals surface area (Å²) in [6.45, 7) is 4.23.